The van der Waals surface area contributed by atoms with E-state index in [1.54, 1.807) is 36.4 Å². The fourth-order valence-corrected chi connectivity index (χ4v) is 3.24. The maximum Gasteiger partial charge on any atom is 0.294 e. The fraction of sp³-hybridized carbons (Fsp3) is 0.105. The van der Waals surface area contributed by atoms with Crippen molar-refractivity contribution in [3.05, 3.63) is 70.4 Å². The van der Waals surface area contributed by atoms with Gasteiger partial charge < -0.3 is 10.5 Å². The molecule has 3 amide bonds. The van der Waals surface area contributed by atoms with Gasteiger partial charge in [0.05, 0.1) is 4.91 Å². The topological polar surface area (TPSA) is 89.7 Å². The second-order valence-corrected chi connectivity index (χ2v) is 6.68. The molecule has 0 saturated carbocycles. The van der Waals surface area contributed by atoms with Crippen molar-refractivity contribution in [2.24, 2.45) is 5.73 Å². The van der Waals surface area contributed by atoms with Gasteiger partial charge in [-0.2, -0.15) is 0 Å². The number of rotatable bonds is 6. The van der Waals surface area contributed by atoms with E-state index in [1.807, 2.05) is 0 Å². The lowest BCUT2D eigenvalue weighted by atomic mass is 10.1. The van der Waals surface area contributed by atoms with E-state index < -0.39 is 23.6 Å². The monoisotopic (exact) mass is 386 g/mol. The Kier molecular flexibility index (Phi) is 5.56. The van der Waals surface area contributed by atoms with Crippen LogP contribution >= 0.6 is 11.8 Å². The Morgan fingerprint density at radius 3 is 2.56 bits per heavy atom. The van der Waals surface area contributed by atoms with Gasteiger partial charge in [-0.15, -0.1) is 0 Å². The molecule has 0 unspecified atom stereocenters. The fourth-order valence-electron chi connectivity index (χ4n) is 2.41. The number of halogens is 1. The number of hydrogen-bond donors (Lipinski definition) is 1. The van der Waals surface area contributed by atoms with Gasteiger partial charge in [-0.25, -0.2) is 4.39 Å². The molecule has 0 spiro atoms. The van der Waals surface area contributed by atoms with Crippen LogP contribution in [0, 0.1) is 5.82 Å². The van der Waals surface area contributed by atoms with Crippen molar-refractivity contribution in [2.45, 2.75) is 6.61 Å². The Morgan fingerprint density at radius 1 is 1.15 bits per heavy atom. The molecule has 0 aliphatic carbocycles. The molecule has 1 heterocycles. The molecule has 138 valence electrons. The highest BCUT2D eigenvalue weighted by atomic mass is 32.2. The number of carbonyl (C=O) groups is 3. The zero-order valence-corrected chi connectivity index (χ0v) is 14.9. The summed E-state index contributed by atoms with van der Waals surface area (Å²) in [5.41, 5.74) is 6.45. The molecule has 1 fully saturated rings. The average Bonchev–Trinajstić information content (AvgIpc) is 2.89. The summed E-state index contributed by atoms with van der Waals surface area (Å²) in [5.74, 6) is -1.16. The van der Waals surface area contributed by atoms with Crippen LogP contribution in [-0.2, 0) is 16.2 Å². The van der Waals surface area contributed by atoms with E-state index in [9.17, 15) is 18.8 Å². The summed E-state index contributed by atoms with van der Waals surface area (Å²) < 4.78 is 18.7. The van der Waals surface area contributed by atoms with Gasteiger partial charge in [0.2, 0.25) is 5.91 Å². The molecule has 2 N–H and O–H groups in total. The summed E-state index contributed by atoms with van der Waals surface area (Å²) in [6.45, 7) is -0.237. The highest BCUT2D eigenvalue weighted by Crippen LogP contribution is 2.33. The first-order valence-electron chi connectivity index (χ1n) is 7.94. The predicted molar refractivity (Wildman–Crippen MR) is 99.0 cm³/mol. The Bertz CT molecular complexity index is 928. The van der Waals surface area contributed by atoms with E-state index in [2.05, 4.69) is 0 Å². The third-order valence-electron chi connectivity index (χ3n) is 3.70. The zero-order chi connectivity index (χ0) is 19.4. The van der Waals surface area contributed by atoms with E-state index in [4.69, 9.17) is 10.5 Å². The van der Waals surface area contributed by atoms with Crippen LogP contribution in [0.1, 0.15) is 11.1 Å². The Hall–Kier alpha value is -3.13. The van der Waals surface area contributed by atoms with Crippen LogP contribution < -0.4 is 10.5 Å². The standard InChI is InChI=1S/C19H15FN2O4S/c20-14-7-5-12(6-8-14)11-26-15-4-2-1-3-13(15)9-16-18(24)22(10-17(21)23)19(25)27-16/h1-9H,10-11H2,(H2,21,23)/b16-9-. The van der Waals surface area contributed by atoms with Crippen molar-refractivity contribution in [3.63, 3.8) is 0 Å². The SMILES string of the molecule is NC(=O)CN1C(=O)S/C(=C\c2ccccc2OCc2ccc(F)cc2)C1=O. The van der Waals surface area contributed by atoms with Gasteiger partial charge in [0.15, 0.2) is 0 Å². The van der Waals surface area contributed by atoms with Crippen molar-refractivity contribution < 1.29 is 23.5 Å². The Morgan fingerprint density at radius 2 is 1.85 bits per heavy atom. The van der Waals surface area contributed by atoms with Crippen LogP contribution in [0.2, 0.25) is 0 Å². The van der Waals surface area contributed by atoms with E-state index in [-0.39, 0.29) is 17.3 Å². The largest absolute Gasteiger partial charge is 0.488 e. The molecule has 6 nitrogen and oxygen atoms in total. The predicted octanol–water partition coefficient (Wildman–Crippen LogP) is 2.93. The van der Waals surface area contributed by atoms with Crippen LogP contribution in [0.5, 0.6) is 5.75 Å². The number of hydrogen-bond acceptors (Lipinski definition) is 5. The number of imide groups is 1. The summed E-state index contributed by atoms with van der Waals surface area (Å²) in [5, 5.41) is -0.547. The minimum atomic E-state index is -0.762. The molecule has 0 bridgehead atoms. The lowest BCUT2D eigenvalue weighted by Crippen LogP contribution is -2.36. The number of amides is 3. The highest BCUT2D eigenvalue weighted by Gasteiger charge is 2.35. The zero-order valence-electron chi connectivity index (χ0n) is 14.1. The lowest BCUT2D eigenvalue weighted by molar-refractivity contribution is -0.127. The van der Waals surface area contributed by atoms with Crippen molar-refractivity contribution >= 4 is 34.9 Å². The third-order valence-corrected chi connectivity index (χ3v) is 4.61. The van der Waals surface area contributed by atoms with Crippen LogP contribution in [0.15, 0.2) is 53.4 Å². The Balaban J connectivity index is 1.78. The smallest absolute Gasteiger partial charge is 0.294 e. The minimum Gasteiger partial charge on any atom is -0.488 e. The Labute approximate surface area is 158 Å². The first-order chi connectivity index (χ1) is 12.9. The number of thioether (sulfide) groups is 1. The van der Waals surface area contributed by atoms with Crippen LogP contribution in [0.3, 0.4) is 0 Å². The average molecular weight is 386 g/mol. The molecule has 0 atom stereocenters. The molecule has 1 aliphatic heterocycles. The van der Waals surface area contributed by atoms with Crippen LogP contribution in [-0.4, -0.2) is 28.5 Å². The maximum atomic E-state index is 13.0. The number of nitrogens with two attached hydrogens (primary N) is 1. The number of nitrogens with zero attached hydrogens (tertiary/aromatic N) is 1. The molecule has 3 rings (SSSR count). The summed E-state index contributed by atoms with van der Waals surface area (Å²) in [6.07, 6.45) is 1.53. The quantitative estimate of drug-likeness (QED) is 0.771. The van der Waals surface area contributed by atoms with E-state index >= 15 is 0 Å². The highest BCUT2D eigenvalue weighted by molar-refractivity contribution is 8.18. The van der Waals surface area contributed by atoms with Crippen LogP contribution in [0.25, 0.3) is 6.08 Å². The molecule has 1 saturated heterocycles. The molecule has 1 aliphatic rings. The molecular formula is C19H15FN2O4S. The van der Waals surface area contributed by atoms with Crippen molar-refractivity contribution in [1.29, 1.82) is 0 Å². The van der Waals surface area contributed by atoms with E-state index in [0.29, 0.717) is 11.3 Å². The number of primary amides is 1. The van der Waals surface area contributed by atoms with E-state index in [0.717, 1.165) is 22.2 Å². The molecular weight excluding hydrogens is 371 g/mol. The van der Waals surface area contributed by atoms with Gasteiger partial charge in [0.1, 0.15) is 24.7 Å². The molecule has 2 aromatic carbocycles. The summed E-state index contributed by atoms with van der Waals surface area (Å²) in [4.78, 5) is 36.2. The van der Waals surface area contributed by atoms with Gasteiger partial charge >= 0.3 is 0 Å². The van der Waals surface area contributed by atoms with Crippen molar-refractivity contribution in [3.8, 4) is 5.75 Å². The first-order valence-corrected chi connectivity index (χ1v) is 8.75. The molecule has 27 heavy (non-hydrogen) atoms. The molecule has 2 aromatic rings. The number of carbonyl (C=O) groups excluding carboxylic acids is 3. The summed E-state index contributed by atoms with van der Waals surface area (Å²) in [7, 11) is 0. The number of ether oxygens (including phenoxy) is 1. The van der Waals surface area contributed by atoms with Gasteiger partial charge in [-0.05, 0) is 41.6 Å². The van der Waals surface area contributed by atoms with Crippen LogP contribution in [0.4, 0.5) is 9.18 Å². The molecule has 8 heteroatoms. The summed E-state index contributed by atoms with van der Waals surface area (Å²) in [6, 6.07) is 12.9. The third kappa shape index (κ3) is 4.53. The lowest BCUT2D eigenvalue weighted by Gasteiger charge is -2.10. The molecule has 0 aromatic heterocycles. The normalized spacial score (nSPS) is 15.4. The second-order valence-electron chi connectivity index (χ2n) is 5.69. The first kappa shape index (κ1) is 18.7. The second kappa shape index (κ2) is 8.05. The van der Waals surface area contributed by atoms with Crippen molar-refractivity contribution in [2.75, 3.05) is 6.54 Å². The van der Waals surface area contributed by atoms with Gasteiger partial charge in [-0.1, -0.05) is 30.3 Å². The van der Waals surface area contributed by atoms with Crippen molar-refractivity contribution in [1.82, 2.24) is 4.90 Å². The number of benzene rings is 2. The minimum absolute atomic E-state index is 0.180. The van der Waals surface area contributed by atoms with Gasteiger partial charge in [-0.3, -0.25) is 19.3 Å². The van der Waals surface area contributed by atoms with Gasteiger partial charge in [0.25, 0.3) is 11.1 Å². The number of para-hydroxylation sites is 1. The van der Waals surface area contributed by atoms with Gasteiger partial charge in [0, 0.05) is 5.56 Å². The maximum absolute atomic E-state index is 13.0. The summed E-state index contributed by atoms with van der Waals surface area (Å²) >= 11 is 0.737. The molecule has 0 radical (unpaired) electrons. The van der Waals surface area contributed by atoms with E-state index in [1.165, 1.54) is 18.2 Å².